The third-order valence-electron chi connectivity index (χ3n) is 3.72. The van der Waals surface area contributed by atoms with E-state index < -0.39 is 0 Å². The second-order valence-corrected chi connectivity index (χ2v) is 5.56. The van der Waals surface area contributed by atoms with Gasteiger partial charge in [-0.05, 0) is 42.0 Å². The zero-order valence-electron chi connectivity index (χ0n) is 14.7. The Morgan fingerprint density at radius 3 is 2.46 bits per heavy atom. The number of nitrogens with one attached hydrogen (secondary N) is 1. The highest BCUT2D eigenvalue weighted by Crippen LogP contribution is 2.25. The zero-order chi connectivity index (χ0) is 18.0. The smallest absolute Gasteiger partial charge is 0.161 e. The summed E-state index contributed by atoms with van der Waals surface area (Å²) in [6.45, 7) is 1.58. The Morgan fingerprint density at radius 2 is 1.65 bits per heavy atom. The van der Waals surface area contributed by atoms with Gasteiger partial charge in [0.2, 0.25) is 0 Å². The van der Waals surface area contributed by atoms with Crippen molar-refractivity contribution in [3.8, 4) is 17.2 Å². The van der Waals surface area contributed by atoms with Crippen molar-refractivity contribution in [3.05, 3.63) is 78.5 Å². The number of hydrogen-bond donors (Lipinski definition) is 1. The molecule has 3 aromatic rings. The molecular weight excluding hydrogens is 328 g/mol. The molecule has 0 unspecified atom stereocenters. The Morgan fingerprint density at radius 1 is 0.846 bits per heavy atom. The molecule has 0 aliphatic heterocycles. The highest BCUT2D eigenvalue weighted by Gasteiger charge is 2.03. The number of ether oxygens (including phenoxy) is 3. The maximum Gasteiger partial charge on any atom is 0.161 e. The van der Waals surface area contributed by atoms with E-state index in [-0.39, 0.29) is 0 Å². The molecule has 0 bridgehead atoms. The van der Waals surface area contributed by atoms with E-state index in [0.29, 0.717) is 25.5 Å². The molecule has 134 valence electrons. The average molecular weight is 350 g/mol. The lowest BCUT2D eigenvalue weighted by atomic mass is 10.2. The van der Waals surface area contributed by atoms with Gasteiger partial charge in [0.25, 0.3) is 0 Å². The molecule has 1 N–H and O–H groups in total. The van der Waals surface area contributed by atoms with Crippen molar-refractivity contribution in [1.29, 1.82) is 0 Å². The number of methoxy groups -OCH3 is 1. The summed E-state index contributed by atoms with van der Waals surface area (Å²) in [7, 11) is 1.63. The van der Waals surface area contributed by atoms with E-state index in [1.165, 1.54) is 0 Å². The molecule has 0 fully saturated rings. The largest absolute Gasteiger partial charge is 0.493 e. The summed E-state index contributed by atoms with van der Waals surface area (Å²) < 4.78 is 16.8. The molecule has 1 aromatic heterocycles. The third-order valence-corrected chi connectivity index (χ3v) is 3.72. The van der Waals surface area contributed by atoms with E-state index in [4.69, 9.17) is 14.2 Å². The van der Waals surface area contributed by atoms with Crippen LogP contribution in [0.4, 0.5) is 5.82 Å². The van der Waals surface area contributed by atoms with Crippen LogP contribution in [0.25, 0.3) is 0 Å². The standard InChI is InChI=1S/C21H22N2O3/c1-24-19-9-2-3-10-20(19)26-14-13-25-18-8-6-7-17(15-18)16-23-21-11-4-5-12-22-21/h2-12,15H,13-14,16H2,1H3,(H,22,23). The molecule has 0 saturated heterocycles. The fourth-order valence-corrected chi connectivity index (χ4v) is 2.45. The highest BCUT2D eigenvalue weighted by atomic mass is 16.5. The topological polar surface area (TPSA) is 52.6 Å². The molecule has 2 aromatic carbocycles. The van der Waals surface area contributed by atoms with E-state index in [1.807, 2.05) is 66.7 Å². The van der Waals surface area contributed by atoms with Crippen molar-refractivity contribution < 1.29 is 14.2 Å². The molecule has 3 rings (SSSR count). The Kier molecular flexibility index (Phi) is 6.31. The number of hydrogen-bond acceptors (Lipinski definition) is 5. The molecule has 5 nitrogen and oxygen atoms in total. The van der Waals surface area contributed by atoms with Gasteiger partial charge in [0.1, 0.15) is 24.8 Å². The molecular formula is C21H22N2O3. The number of aromatic nitrogens is 1. The van der Waals surface area contributed by atoms with Gasteiger partial charge < -0.3 is 19.5 Å². The van der Waals surface area contributed by atoms with Crippen LogP contribution in [0.15, 0.2) is 72.9 Å². The first-order valence-corrected chi connectivity index (χ1v) is 8.47. The van der Waals surface area contributed by atoms with Crippen molar-refractivity contribution in [3.63, 3.8) is 0 Å². The predicted octanol–water partition coefficient (Wildman–Crippen LogP) is 4.16. The van der Waals surface area contributed by atoms with E-state index in [2.05, 4.69) is 10.3 Å². The van der Waals surface area contributed by atoms with Gasteiger partial charge in [0, 0.05) is 12.7 Å². The SMILES string of the molecule is COc1ccccc1OCCOc1cccc(CNc2ccccn2)c1. The lowest BCUT2D eigenvalue weighted by Gasteiger charge is -2.12. The lowest BCUT2D eigenvalue weighted by molar-refractivity contribution is 0.211. The minimum Gasteiger partial charge on any atom is -0.493 e. The summed E-state index contributed by atoms with van der Waals surface area (Å²) >= 11 is 0. The van der Waals surface area contributed by atoms with E-state index in [0.717, 1.165) is 22.9 Å². The molecule has 1 heterocycles. The average Bonchev–Trinajstić information content (AvgIpc) is 2.71. The monoisotopic (exact) mass is 350 g/mol. The molecule has 5 heteroatoms. The van der Waals surface area contributed by atoms with Crippen LogP contribution in [0.5, 0.6) is 17.2 Å². The van der Waals surface area contributed by atoms with Gasteiger partial charge in [-0.3, -0.25) is 0 Å². The quantitative estimate of drug-likeness (QED) is 0.587. The number of anilines is 1. The van der Waals surface area contributed by atoms with Crippen LogP contribution >= 0.6 is 0 Å². The molecule has 26 heavy (non-hydrogen) atoms. The summed E-state index contributed by atoms with van der Waals surface area (Å²) in [6.07, 6.45) is 1.77. The van der Waals surface area contributed by atoms with Gasteiger partial charge >= 0.3 is 0 Å². The van der Waals surface area contributed by atoms with Crippen LogP contribution in [0.1, 0.15) is 5.56 Å². The number of nitrogens with zero attached hydrogens (tertiary/aromatic N) is 1. The predicted molar refractivity (Wildman–Crippen MR) is 102 cm³/mol. The normalized spacial score (nSPS) is 10.2. The number of benzene rings is 2. The van der Waals surface area contributed by atoms with Crippen LogP contribution in [0, 0.1) is 0 Å². The Labute approximate surface area is 153 Å². The van der Waals surface area contributed by atoms with Gasteiger partial charge in [-0.2, -0.15) is 0 Å². The number of pyridine rings is 1. The number of para-hydroxylation sites is 2. The van der Waals surface area contributed by atoms with Crippen LogP contribution in [0.3, 0.4) is 0 Å². The van der Waals surface area contributed by atoms with Crippen LogP contribution in [-0.2, 0) is 6.54 Å². The molecule has 0 radical (unpaired) electrons. The van der Waals surface area contributed by atoms with E-state index >= 15 is 0 Å². The summed E-state index contributed by atoms with van der Waals surface area (Å²) in [5.41, 5.74) is 1.12. The molecule has 0 amide bonds. The number of rotatable bonds is 9. The maximum atomic E-state index is 5.78. The first-order chi connectivity index (χ1) is 12.8. The van der Waals surface area contributed by atoms with Crippen molar-refractivity contribution in [2.75, 3.05) is 25.6 Å². The van der Waals surface area contributed by atoms with Crippen LogP contribution < -0.4 is 19.5 Å². The van der Waals surface area contributed by atoms with Crippen LogP contribution in [0.2, 0.25) is 0 Å². The van der Waals surface area contributed by atoms with Gasteiger partial charge in [-0.25, -0.2) is 4.98 Å². The fraction of sp³-hybridized carbons (Fsp3) is 0.190. The maximum absolute atomic E-state index is 5.78. The van der Waals surface area contributed by atoms with Gasteiger partial charge in [0.05, 0.1) is 7.11 Å². The second kappa shape index (κ2) is 9.32. The summed E-state index contributed by atoms with van der Waals surface area (Å²) in [5.74, 6) is 3.10. The minimum absolute atomic E-state index is 0.441. The van der Waals surface area contributed by atoms with Gasteiger partial charge in [0.15, 0.2) is 11.5 Å². The Hall–Kier alpha value is -3.21. The molecule has 0 atom stereocenters. The van der Waals surface area contributed by atoms with Gasteiger partial charge in [-0.15, -0.1) is 0 Å². The summed E-state index contributed by atoms with van der Waals surface area (Å²) in [5, 5.41) is 3.28. The van der Waals surface area contributed by atoms with E-state index in [1.54, 1.807) is 13.3 Å². The Balaban J connectivity index is 1.46. The van der Waals surface area contributed by atoms with Crippen LogP contribution in [-0.4, -0.2) is 25.3 Å². The van der Waals surface area contributed by atoms with Crippen molar-refractivity contribution in [2.24, 2.45) is 0 Å². The van der Waals surface area contributed by atoms with Crippen molar-refractivity contribution in [1.82, 2.24) is 4.98 Å². The van der Waals surface area contributed by atoms with Crippen molar-refractivity contribution >= 4 is 5.82 Å². The van der Waals surface area contributed by atoms with Gasteiger partial charge in [-0.1, -0.05) is 30.3 Å². The fourth-order valence-electron chi connectivity index (χ4n) is 2.45. The highest BCUT2D eigenvalue weighted by molar-refractivity contribution is 5.39. The zero-order valence-corrected chi connectivity index (χ0v) is 14.7. The Bertz CT molecular complexity index is 809. The van der Waals surface area contributed by atoms with E-state index in [9.17, 15) is 0 Å². The summed E-state index contributed by atoms with van der Waals surface area (Å²) in [6, 6.07) is 21.3. The van der Waals surface area contributed by atoms with Crippen molar-refractivity contribution in [2.45, 2.75) is 6.54 Å². The first kappa shape index (κ1) is 17.6. The molecule has 0 saturated carbocycles. The minimum atomic E-state index is 0.441. The molecule has 0 spiro atoms. The molecule has 0 aliphatic carbocycles. The second-order valence-electron chi connectivity index (χ2n) is 5.56. The first-order valence-electron chi connectivity index (χ1n) is 8.47. The lowest BCUT2D eigenvalue weighted by Crippen LogP contribution is -2.10. The third kappa shape index (κ3) is 5.14. The molecule has 0 aliphatic rings. The summed E-state index contributed by atoms with van der Waals surface area (Å²) in [4.78, 5) is 4.25.